The Kier molecular flexibility index (Phi) is 6.76. The number of imidazole rings is 1. The first kappa shape index (κ1) is 24.6. The number of rotatable bonds is 8. The molecule has 6 rings (SSSR count). The lowest BCUT2D eigenvalue weighted by Gasteiger charge is -2.16. The molecule has 11 heteroatoms. The van der Waals surface area contributed by atoms with Crippen LogP contribution in [0.2, 0.25) is 5.02 Å². The van der Waals surface area contributed by atoms with Crippen molar-refractivity contribution in [1.82, 2.24) is 15.0 Å². The molecule has 2 aromatic heterocycles. The molecule has 0 unspecified atom stereocenters. The zero-order chi connectivity index (χ0) is 25.5. The fraction of sp³-hybridized carbons (Fsp3) is 0.462. The molecule has 37 heavy (non-hydrogen) atoms. The van der Waals surface area contributed by atoms with E-state index in [1.165, 1.54) is 0 Å². The van der Waals surface area contributed by atoms with Gasteiger partial charge in [-0.2, -0.15) is 4.98 Å². The molecule has 3 N–H and O–H groups in total. The van der Waals surface area contributed by atoms with Crippen LogP contribution in [0.4, 0.5) is 10.2 Å². The number of benzene rings is 1. The quantitative estimate of drug-likeness (QED) is 0.377. The largest absolute Gasteiger partial charge is 0.456 e. The van der Waals surface area contributed by atoms with Gasteiger partial charge in [-0.15, -0.1) is 0 Å². The van der Waals surface area contributed by atoms with Crippen LogP contribution in [0.15, 0.2) is 24.3 Å². The van der Waals surface area contributed by atoms with Crippen LogP contribution in [-0.4, -0.2) is 70.9 Å². The molecule has 0 radical (unpaired) electrons. The summed E-state index contributed by atoms with van der Waals surface area (Å²) in [5.74, 6) is 0.171. The molecule has 4 heterocycles. The minimum atomic E-state index is -0.655. The molecule has 9 nitrogen and oxygen atoms in total. The topological polar surface area (TPSA) is 111 Å². The van der Waals surface area contributed by atoms with Crippen molar-refractivity contribution in [1.29, 1.82) is 0 Å². The highest BCUT2D eigenvalue weighted by Crippen LogP contribution is 2.38. The van der Waals surface area contributed by atoms with Crippen molar-refractivity contribution in [2.24, 2.45) is 0 Å². The Bertz CT molecular complexity index is 1330. The van der Waals surface area contributed by atoms with Gasteiger partial charge in [-0.1, -0.05) is 29.8 Å². The fourth-order valence-corrected chi connectivity index (χ4v) is 5.46. The van der Waals surface area contributed by atoms with E-state index in [2.05, 4.69) is 20.3 Å². The standard InChI is InChI=1S/C26H28ClFN4O5/c1-2-34-7-3-4-13-8-14-5-6-17(21(14)16(28)9-13)29-24-15(27)10-18-25(31-24)32-26(30-18)37-20-12-36-22-19(33)11-35-23(20)22/h3-4,8-10,17,19-20,22-23,33H,2,5-7,11-12H2,1H3,(H2,29,30,31,32)/b4-3+/t17-,19+,20+,22+,23+/m0/s1. The van der Waals surface area contributed by atoms with Crippen molar-refractivity contribution >= 4 is 34.7 Å². The van der Waals surface area contributed by atoms with Gasteiger partial charge in [-0.3, -0.25) is 0 Å². The molecular weight excluding hydrogens is 503 g/mol. The van der Waals surface area contributed by atoms with Gasteiger partial charge in [-0.25, -0.2) is 9.37 Å². The third-order valence-corrected chi connectivity index (χ3v) is 7.27. The summed E-state index contributed by atoms with van der Waals surface area (Å²) in [5.41, 5.74) is 3.45. The lowest BCUT2D eigenvalue weighted by Crippen LogP contribution is -2.34. The van der Waals surface area contributed by atoms with Crippen molar-refractivity contribution in [2.75, 3.05) is 31.7 Å². The predicted octanol–water partition coefficient (Wildman–Crippen LogP) is 3.81. The first-order chi connectivity index (χ1) is 18.0. The molecule has 3 aromatic rings. The first-order valence-electron chi connectivity index (χ1n) is 12.5. The number of aromatic nitrogens is 3. The number of aliphatic hydroxyl groups is 1. The Morgan fingerprint density at radius 2 is 2.11 bits per heavy atom. The number of H-pyrrole nitrogens is 1. The number of aliphatic hydroxyl groups excluding tert-OH is 1. The zero-order valence-electron chi connectivity index (χ0n) is 20.2. The second-order valence-corrected chi connectivity index (χ2v) is 9.83. The van der Waals surface area contributed by atoms with E-state index in [-0.39, 0.29) is 30.6 Å². The number of ether oxygens (including phenoxy) is 4. The van der Waals surface area contributed by atoms with Crippen LogP contribution in [0.3, 0.4) is 0 Å². The third-order valence-electron chi connectivity index (χ3n) is 6.98. The number of aromatic amines is 1. The normalized spacial score (nSPS) is 26.8. The van der Waals surface area contributed by atoms with Crippen molar-refractivity contribution in [3.8, 4) is 6.01 Å². The van der Waals surface area contributed by atoms with E-state index in [9.17, 15) is 5.11 Å². The van der Waals surface area contributed by atoms with Crippen LogP contribution in [0.25, 0.3) is 17.2 Å². The van der Waals surface area contributed by atoms with E-state index in [0.29, 0.717) is 47.4 Å². The number of aryl methyl sites for hydroxylation is 1. The van der Waals surface area contributed by atoms with Gasteiger partial charge in [0.2, 0.25) is 0 Å². The van der Waals surface area contributed by atoms with Crippen LogP contribution in [0, 0.1) is 5.82 Å². The highest BCUT2D eigenvalue weighted by Gasteiger charge is 2.48. The lowest BCUT2D eigenvalue weighted by molar-refractivity contribution is 0.00706. The van der Waals surface area contributed by atoms with Crippen LogP contribution in [0.5, 0.6) is 6.01 Å². The van der Waals surface area contributed by atoms with Crippen molar-refractivity contribution in [3.05, 3.63) is 51.8 Å². The van der Waals surface area contributed by atoms with Crippen LogP contribution >= 0.6 is 11.6 Å². The average Bonchev–Trinajstić information content (AvgIpc) is 3.64. The number of nitrogens with zero attached hydrogens (tertiary/aromatic N) is 2. The number of halogens is 2. The van der Waals surface area contributed by atoms with E-state index in [4.69, 9.17) is 30.5 Å². The first-order valence-corrected chi connectivity index (χ1v) is 12.8. The Labute approximate surface area is 217 Å². The highest BCUT2D eigenvalue weighted by molar-refractivity contribution is 6.33. The maximum Gasteiger partial charge on any atom is 0.296 e. The molecule has 1 aliphatic carbocycles. The summed E-state index contributed by atoms with van der Waals surface area (Å²) in [4.78, 5) is 12.1. The van der Waals surface area contributed by atoms with Gasteiger partial charge in [0.05, 0.1) is 36.4 Å². The summed E-state index contributed by atoms with van der Waals surface area (Å²) in [5, 5.41) is 13.6. The molecule has 2 saturated heterocycles. The minimum absolute atomic E-state index is 0.221. The second kappa shape index (κ2) is 10.2. The van der Waals surface area contributed by atoms with Crippen molar-refractivity contribution < 1.29 is 28.4 Å². The summed E-state index contributed by atoms with van der Waals surface area (Å²) in [6.07, 6.45) is 3.44. The summed E-state index contributed by atoms with van der Waals surface area (Å²) < 4.78 is 37.6. The molecule has 2 fully saturated rings. The maximum atomic E-state index is 15.1. The fourth-order valence-electron chi connectivity index (χ4n) is 5.26. The Morgan fingerprint density at radius 3 is 2.97 bits per heavy atom. The Morgan fingerprint density at radius 1 is 1.24 bits per heavy atom. The van der Waals surface area contributed by atoms with Gasteiger partial charge >= 0.3 is 0 Å². The summed E-state index contributed by atoms with van der Waals surface area (Å²) >= 11 is 6.53. The predicted molar refractivity (Wildman–Crippen MR) is 135 cm³/mol. The lowest BCUT2D eigenvalue weighted by atomic mass is 10.0. The van der Waals surface area contributed by atoms with E-state index < -0.39 is 18.3 Å². The number of hydrogen-bond donors (Lipinski definition) is 3. The van der Waals surface area contributed by atoms with Crippen LogP contribution in [-0.2, 0) is 20.6 Å². The molecule has 5 atom stereocenters. The van der Waals surface area contributed by atoms with Crippen LogP contribution in [0.1, 0.15) is 36.1 Å². The molecule has 2 aliphatic heterocycles. The van der Waals surface area contributed by atoms with Gasteiger partial charge in [0.25, 0.3) is 6.01 Å². The molecule has 0 bridgehead atoms. The molecule has 0 spiro atoms. The Balaban J connectivity index is 1.18. The van der Waals surface area contributed by atoms with Crippen molar-refractivity contribution in [3.63, 3.8) is 0 Å². The highest BCUT2D eigenvalue weighted by atomic mass is 35.5. The SMILES string of the molecule is CCOC/C=C/c1cc(F)c2c(c1)CC[C@@H]2Nc1nc2nc(O[C@@H]3CO[C@H]4[C@@H]3OC[C@H]4O)[nH]c2cc1Cl. The number of pyridine rings is 1. The number of fused-ring (bicyclic) bond motifs is 3. The smallest absolute Gasteiger partial charge is 0.296 e. The number of nitrogens with one attached hydrogen (secondary N) is 2. The number of hydrogen-bond acceptors (Lipinski definition) is 8. The van der Waals surface area contributed by atoms with Crippen molar-refractivity contribution in [2.45, 2.75) is 50.2 Å². The molecule has 196 valence electrons. The molecule has 1 aromatic carbocycles. The molecular formula is C26H28ClFN4O5. The summed E-state index contributed by atoms with van der Waals surface area (Å²) in [6, 6.07) is 5.28. The van der Waals surface area contributed by atoms with Crippen LogP contribution < -0.4 is 10.1 Å². The molecule has 0 saturated carbocycles. The van der Waals surface area contributed by atoms with Gasteiger partial charge < -0.3 is 34.4 Å². The Hall–Kier alpha value is -2.76. The second-order valence-electron chi connectivity index (χ2n) is 9.42. The van der Waals surface area contributed by atoms with Gasteiger partial charge in [0.15, 0.2) is 11.8 Å². The van der Waals surface area contributed by atoms with Gasteiger partial charge in [0.1, 0.15) is 29.9 Å². The molecule has 0 amide bonds. The van der Waals surface area contributed by atoms with E-state index in [0.717, 1.165) is 24.0 Å². The maximum absolute atomic E-state index is 15.1. The average molecular weight is 531 g/mol. The third kappa shape index (κ3) is 4.80. The van der Waals surface area contributed by atoms with E-state index in [1.807, 2.05) is 25.1 Å². The van der Waals surface area contributed by atoms with E-state index in [1.54, 1.807) is 12.1 Å². The number of anilines is 1. The molecule has 3 aliphatic rings. The monoisotopic (exact) mass is 530 g/mol. The minimum Gasteiger partial charge on any atom is -0.456 e. The van der Waals surface area contributed by atoms with Gasteiger partial charge in [0, 0.05) is 12.2 Å². The van der Waals surface area contributed by atoms with Gasteiger partial charge in [-0.05, 0) is 43.0 Å². The van der Waals surface area contributed by atoms with E-state index >= 15 is 4.39 Å². The summed E-state index contributed by atoms with van der Waals surface area (Å²) in [6.45, 7) is 3.59. The zero-order valence-corrected chi connectivity index (χ0v) is 21.0. The summed E-state index contributed by atoms with van der Waals surface area (Å²) in [7, 11) is 0.